The van der Waals surface area contributed by atoms with Gasteiger partial charge >= 0.3 is 0 Å². The third-order valence-corrected chi connectivity index (χ3v) is 2.52. The molecule has 1 aliphatic heterocycles. The van der Waals surface area contributed by atoms with Gasteiger partial charge in [-0.05, 0) is 12.1 Å². The second-order valence-corrected chi connectivity index (χ2v) is 3.54. The van der Waals surface area contributed by atoms with Crippen LogP contribution in [-0.4, -0.2) is 30.5 Å². The molecular formula is C12H12N2O2. The van der Waals surface area contributed by atoms with Crippen LogP contribution in [0.1, 0.15) is 16.8 Å². The van der Waals surface area contributed by atoms with Gasteiger partial charge in [0, 0.05) is 6.54 Å². The maximum Gasteiger partial charge on any atom is 0.257 e. The number of ether oxygens (including phenoxy) is 1. The Hall–Kier alpha value is -2.02. The van der Waals surface area contributed by atoms with Crippen LogP contribution in [0.15, 0.2) is 24.3 Å². The first-order chi connectivity index (χ1) is 7.83. The van der Waals surface area contributed by atoms with Crippen LogP contribution >= 0.6 is 0 Å². The van der Waals surface area contributed by atoms with Crippen LogP contribution in [0.2, 0.25) is 0 Å². The number of rotatable bonds is 2. The number of benzene rings is 1. The van der Waals surface area contributed by atoms with E-state index < -0.39 is 0 Å². The molecule has 0 aliphatic carbocycles. The Bertz CT molecular complexity index is 437. The molecule has 1 aliphatic rings. The van der Waals surface area contributed by atoms with Crippen molar-refractivity contribution >= 4 is 5.91 Å². The summed E-state index contributed by atoms with van der Waals surface area (Å²) in [5, 5.41) is 8.53. The highest BCUT2D eigenvalue weighted by Crippen LogP contribution is 2.22. The topological polar surface area (TPSA) is 53.3 Å². The highest BCUT2D eigenvalue weighted by Gasteiger charge is 2.22. The average Bonchev–Trinajstić information content (AvgIpc) is 2.47. The second-order valence-electron chi connectivity index (χ2n) is 3.54. The van der Waals surface area contributed by atoms with E-state index in [1.165, 1.54) is 0 Å². The van der Waals surface area contributed by atoms with E-state index in [1.54, 1.807) is 17.0 Å². The van der Waals surface area contributed by atoms with E-state index >= 15 is 0 Å². The van der Waals surface area contributed by atoms with Gasteiger partial charge < -0.3 is 9.64 Å². The summed E-state index contributed by atoms with van der Waals surface area (Å²) in [7, 11) is 0. The van der Waals surface area contributed by atoms with Crippen LogP contribution in [0.3, 0.4) is 0 Å². The minimum Gasteiger partial charge on any atom is -0.491 e. The molecule has 0 N–H and O–H groups in total. The molecule has 4 heteroatoms. The monoisotopic (exact) mass is 216 g/mol. The quantitative estimate of drug-likeness (QED) is 0.751. The van der Waals surface area contributed by atoms with E-state index in [0.717, 1.165) is 0 Å². The Morgan fingerprint density at radius 1 is 1.44 bits per heavy atom. The highest BCUT2D eigenvalue weighted by atomic mass is 16.5. The third kappa shape index (κ3) is 1.98. The summed E-state index contributed by atoms with van der Waals surface area (Å²) in [4.78, 5) is 13.7. The predicted octanol–water partition coefficient (Wildman–Crippen LogP) is 1.43. The number of fused-ring (bicyclic) bond motifs is 1. The molecule has 1 amide bonds. The van der Waals surface area contributed by atoms with E-state index in [-0.39, 0.29) is 5.91 Å². The molecule has 0 atom stereocenters. The number of nitriles is 1. The van der Waals surface area contributed by atoms with Gasteiger partial charge in [-0.25, -0.2) is 0 Å². The van der Waals surface area contributed by atoms with Gasteiger partial charge in [-0.3, -0.25) is 4.79 Å². The van der Waals surface area contributed by atoms with Crippen LogP contribution in [0.25, 0.3) is 0 Å². The molecule has 0 spiro atoms. The van der Waals surface area contributed by atoms with Crippen molar-refractivity contribution in [3.05, 3.63) is 29.8 Å². The standard InChI is InChI=1S/C12H12N2O2/c13-6-3-7-14-8-9-16-11-5-2-1-4-10(11)12(14)15/h1-2,4-5H,3,7-9H2. The molecule has 16 heavy (non-hydrogen) atoms. The van der Waals surface area contributed by atoms with Crippen LogP contribution < -0.4 is 4.74 Å². The summed E-state index contributed by atoms with van der Waals surface area (Å²) in [6.07, 6.45) is 0.355. The molecule has 2 rings (SSSR count). The summed E-state index contributed by atoms with van der Waals surface area (Å²) in [6.45, 7) is 1.48. The van der Waals surface area contributed by atoms with Crippen molar-refractivity contribution < 1.29 is 9.53 Å². The summed E-state index contributed by atoms with van der Waals surface area (Å²) >= 11 is 0. The highest BCUT2D eigenvalue weighted by molar-refractivity contribution is 5.97. The molecule has 0 fully saturated rings. The first kappa shape index (κ1) is 10.5. The largest absolute Gasteiger partial charge is 0.491 e. The zero-order valence-electron chi connectivity index (χ0n) is 8.85. The normalized spacial score (nSPS) is 14.7. The number of carbonyl (C=O) groups excluding carboxylic acids is 1. The number of amides is 1. The van der Waals surface area contributed by atoms with E-state index in [2.05, 4.69) is 0 Å². The van der Waals surface area contributed by atoms with Gasteiger partial charge in [0.2, 0.25) is 0 Å². The zero-order chi connectivity index (χ0) is 11.4. The molecule has 0 unspecified atom stereocenters. The summed E-state index contributed by atoms with van der Waals surface area (Å²) in [5.41, 5.74) is 0.581. The van der Waals surface area contributed by atoms with Crippen molar-refractivity contribution in [2.24, 2.45) is 0 Å². The fourth-order valence-electron chi connectivity index (χ4n) is 1.71. The van der Waals surface area contributed by atoms with E-state index in [1.807, 2.05) is 18.2 Å². The lowest BCUT2D eigenvalue weighted by Gasteiger charge is -2.17. The first-order valence-electron chi connectivity index (χ1n) is 5.21. The van der Waals surface area contributed by atoms with Gasteiger partial charge in [0.1, 0.15) is 12.4 Å². The average molecular weight is 216 g/mol. The lowest BCUT2D eigenvalue weighted by atomic mass is 10.2. The summed E-state index contributed by atoms with van der Waals surface area (Å²) in [6, 6.07) is 9.25. The fraction of sp³-hybridized carbons (Fsp3) is 0.333. The molecule has 0 saturated carbocycles. The molecule has 0 aromatic heterocycles. The smallest absolute Gasteiger partial charge is 0.257 e. The van der Waals surface area contributed by atoms with Crippen LogP contribution in [0, 0.1) is 11.3 Å². The van der Waals surface area contributed by atoms with Gasteiger partial charge in [0.05, 0.1) is 24.6 Å². The van der Waals surface area contributed by atoms with Crippen LogP contribution in [0.4, 0.5) is 0 Å². The molecular weight excluding hydrogens is 204 g/mol. The third-order valence-electron chi connectivity index (χ3n) is 2.52. The molecule has 1 aromatic carbocycles. The fourth-order valence-corrected chi connectivity index (χ4v) is 1.71. The predicted molar refractivity (Wildman–Crippen MR) is 58.1 cm³/mol. The molecule has 0 radical (unpaired) electrons. The first-order valence-corrected chi connectivity index (χ1v) is 5.21. The number of carbonyl (C=O) groups is 1. The molecule has 4 nitrogen and oxygen atoms in total. The van der Waals surface area contributed by atoms with Gasteiger partial charge in [0.25, 0.3) is 5.91 Å². The van der Waals surface area contributed by atoms with Crippen LogP contribution in [-0.2, 0) is 0 Å². The van der Waals surface area contributed by atoms with E-state index in [4.69, 9.17) is 10.00 Å². The maximum atomic E-state index is 12.1. The van der Waals surface area contributed by atoms with Gasteiger partial charge in [-0.2, -0.15) is 5.26 Å². The van der Waals surface area contributed by atoms with Crippen molar-refractivity contribution in [2.75, 3.05) is 19.7 Å². The Balaban J connectivity index is 2.24. The number of nitrogens with zero attached hydrogens (tertiary/aromatic N) is 2. The van der Waals surface area contributed by atoms with E-state index in [0.29, 0.717) is 37.4 Å². The number of hydrogen-bond donors (Lipinski definition) is 0. The molecule has 82 valence electrons. The Morgan fingerprint density at radius 2 is 2.25 bits per heavy atom. The number of hydrogen-bond acceptors (Lipinski definition) is 3. The molecule has 1 aromatic rings. The summed E-state index contributed by atoms with van der Waals surface area (Å²) < 4.78 is 5.48. The van der Waals surface area contributed by atoms with Crippen molar-refractivity contribution in [3.63, 3.8) is 0 Å². The van der Waals surface area contributed by atoms with Gasteiger partial charge in [0.15, 0.2) is 0 Å². The maximum absolute atomic E-state index is 12.1. The van der Waals surface area contributed by atoms with Crippen molar-refractivity contribution in [1.29, 1.82) is 5.26 Å². The summed E-state index contributed by atoms with van der Waals surface area (Å²) in [5.74, 6) is 0.579. The van der Waals surface area contributed by atoms with Crippen molar-refractivity contribution in [2.45, 2.75) is 6.42 Å². The molecule has 1 heterocycles. The second kappa shape index (κ2) is 4.67. The lowest BCUT2D eigenvalue weighted by molar-refractivity contribution is 0.0759. The Morgan fingerprint density at radius 3 is 3.06 bits per heavy atom. The van der Waals surface area contributed by atoms with Gasteiger partial charge in [-0.15, -0.1) is 0 Å². The van der Waals surface area contributed by atoms with Gasteiger partial charge in [-0.1, -0.05) is 12.1 Å². The number of para-hydroxylation sites is 1. The Kier molecular flexibility index (Phi) is 3.06. The minimum atomic E-state index is -0.0525. The molecule has 0 saturated heterocycles. The van der Waals surface area contributed by atoms with Crippen molar-refractivity contribution in [3.8, 4) is 11.8 Å². The minimum absolute atomic E-state index is 0.0525. The Labute approximate surface area is 94.0 Å². The molecule has 0 bridgehead atoms. The van der Waals surface area contributed by atoms with Crippen LogP contribution in [0.5, 0.6) is 5.75 Å². The van der Waals surface area contributed by atoms with E-state index in [9.17, 15) is 4.79 Å². The zero-order valence-corrected chi connectivity index (χ0v) is 8.85. The van der Waals surface area contributed by atoms with Crippen molar-refractivity contribution in [1.82, 2.24) is 4.90 Å². The lowest BCUT2D eigenvalue weighted by Crippen LogP contribution is -2.33. The SMILES string of the molecule is N#CCCN1CCOc2ccccc2C1=O.